The third-order valence-corrected chi connectivity index (χ3v) is 6.40. The van der Waals surface area contributed by atoms with Gasteiger partial charge < -0.3 is 9.73 Å². The molecule has 2 fully saturated rings. The fraction of sp³-hybridized carbons (Fsp3) is 0.643. The van der Waals surface area contributed by atoms with Crippen LogP contribution < -0.4 is 5.32 Å². The molecule has 122 valence electrons. The molecule has 1 amide bonds. The molecular weight excluding hydrogens is 306 g/mol. The van der Waals surface area contributed by atoms with Crippen molar-refractivity contribution < 1.29 is 17.6 Å². The van der Waals surface area contributed by atoms with E-state index in [1.807, 2.05) is 6.92 Å². The van der Waals surface area contributed by atoms with Crippen LogP contribution in [0.5, 0.6) is 0 Å². The van der Waals surface area contributed by atoms with Crippen molar-refractivity contribution in [1.29, 1.82) is 0 Å². The Kier molecular flexibility index (Phi) is 4.24. The van der Waals surface area contributed by atoms with Gasteiger partial charge in [0.25, 0.3) is 10.2 Å². The Hall–Kier alpha value is -1.38. The molecule has 0 radical (unpaired) electrons. The maximum Gasteiger partial charge on any atom is 0.283 e. The minimum Gasteiger partial charge on any atom is -0.468 e. The Morgan fingerprint density at radius 1 is 1.36 bits per heavy atom. The van der Waals surface area contributed by atoms with Gasteiger partial charge in [-0.25, -0.2) is 0 Å². The van der Waals surface area contributed by atoms with Gasteiger partial charge in [-0.05, 0) is 31.4 Å². The average Bonchev–Trinajstić information content (AvgIpc) is 3.17. The van der Waals surface area contributed by atoms with Crippen LogP contribution in [0.15, 0.2) is 22.8 Å². The normalized spacial score (nSPS) is 28.0. The Morgan fingerprint density at radius 3 is 2.86 bits per heavy atom. The third kappa shape index (κ3) is 2.55. The summed E-state index contributed by atoms with van der Waals surface area (Å²) >= 11 is 0. The molecule has 2 unspecified atom stereocenters. The lowest BCUT2D eigenvalue weighted by atomic mass is 10.2. The summed E-state index contributed by atoms with van der Waals surface area (Å²) in [6, 6.07) is 2.67. The van der Waals surface area contributed by atoms with Gasteiger partial charge in [-0.15, -0.1) is 0 Å². The van der Waals surface area contributed by atoms with Crippen LogP contribution in [-0.4, -0.2) is 48.6 Å². The van der Waals surface area contributed by atoms with Crippen molar-refractivity contribution in [3.8, 4) is 0 Å². The monoisotopic (exact) mass is 327 g/mol. The second-order valence-electron chi connectivity index (χ2n) is 5.62. The second-order valence-corrected chi connectivity index (χ2v) is 7.45. The summed E-state index contributed by atoms with van der Waals surface area (Å²) in [5.41, 5.74) is 0. The summed E-state index contributed by atoms with van der Waals surface area (Å²) in [4.78, 5) is 12.0. The highest BCUT2D eigenvalue weighted by atomic mass is 32.2. The Morgan fingerprint density at radius 2 is 2.18 bits per heavy atom. The van der Waals surface area contributed by atoms with Gasteiger partial charge in [0.1, 0.15) is 11.8 Å². The first-order chi connectivity index (χ1) is 10.6. The molecule has 8 heteroatoms. The van der Waals surface area contributed by atoms with Crippen LogP contribution in [0.4, 0.5) is 0 Å². The molecule has 2 aliphatic rings. The van der Waals surface area contributed by atoms with Crippen LogP contribution in [0.25, 0.3) is 0 Å². The highest BCUT2D eigenvalue weighted by molar-refractivity contribution is 7.86. The SMILES string of the molecule is CCC1C(=O)NCCN1S(=O)(=O)N1CCCC1c1ccco1. The number of piperazine rings is 1. The molecular formula is C14H21N3O4S. The van der Waals surface area contributed by atoms with E-state index in [9.17, 15) is 13.2 Å². The molecule has 2 atom stereocenters. The number of furan rings is 1. The number of carbonyl (C=O) groups is 1. The highest BCUT2D eigenvalue weighted by Crippen LogP contribution is 2.36. The molecule has 2 saturated heterocycles. The molecule has 3 heterocycles. The van der Waals surface area contributed by atoms with Crippen molar-refractivity contribution in [2.24, 2.45) is 0 Å². The van der Waals surface area contributed by atoms with E-state index in [2.05, 4.69) is 5.32 Å². The van der Waals surface area contributed by atoms with Crippen LogP contribution in [0.1, 0.15) is 38.0 Å². The van der Waals surface area contributed by atoms with Crippen molar-refractivity contribution in [3.05, 3.63) is 24.2 Å². The topological polar surface area (TPSA) is 82.9 Å². The average molecular weight is 327 g/mol. The van der Waals surface area contributed by atoms with Gasteiger partial charge in [0, 0.05) is 19.6 Å². The van der Waals surface area contributed by atoms with E-state index < -0.39 is 16.3 Å². The summed E-state index contributed by atoms with van der Waals surface area (Å²) in [5.74, 6) is 0.446. The lowest BCUT2D eigenvalue weighted by Crippen LogP contribution is -2.59. The fourth-order valence-electron chi connectivity index (χ4n) is 3.28. The number of hydrogen-bond donors (Lipinski definition) is 1. The van der Waals surface area contributed by atoms with E-state index in [0.29, 0.717) is 31.8 Å². The van der Waals surface area contributed by atoms with Crippen LogP contribution in [0, 0.1) is 0 Å². The van der Waals surface area contributed by atoms with Crippen molar-refractivity contribution in [2.75, 3.05) is 19.6 Å². The van der Waals surface area contributed by atoms with Crippen LogP contribution in [0.2, 0.25) is 0 Å². The van der Waals surface area contributed by atoms with E-state index in [0.717, 1.165) is 12.8 Å². The molecule has 1 aromatic heterocycles. The molecule has 0 bridgehead atoms. The first-order valence-electron chi connectivity index (χ1n) is 7.65. The zero-order chi connectivity index (χ0) is 15.7. The van der Waals surface area contributed by atoms with Gasteiger partial charge in [-0.1, -0.05) is 6.92 Å². The van der Waals surface area contributed by atoms with Gasteiger partial charge in [-0.3, -0.25) is 4.79 Å². The number of carbonyl (C=O) groups excluding carboxylic acids is 1. The van der Waals surface area contributed by atoms with Gasteiger partial charge in [0.15, 0.2) is 0 Å². The number of nitrogens with zero attached hydrogens (tertiary/aromatic N) is 2. The van der Waals surface area contributed by atoms with Crippen molar-refractivity contribution in [3.63, 3.8) is 0 Å². The molecule has 7 nitrogen and oxygen atoms in total. The molecule has 22 heavy (non-hydrogen) atoms. The number of nitrogens with one attached hydrogen (secondary N) is 1. The lowest BCUT2D eigenvalue weighted by Gasteiger charge is -2.37. The largest absolute Gasteiger partial charge is 0.468 e. The van der Waals surface area contributed by atoms with E-state index in [-0.39, 0.29) is 11.9 Å². The zero-order valence-corrected chi connectivity index (χ0v) is 13.4. The molecule has 2 aliphatic heterocycles. The highest BCUT2D eigenvalue weighted by Gasteiger charge is 2.44. The molecule has 1 aromatic rings. The minimum atomic E-state index is -3.69. The fourth-order valence-corrected chi connectivity index (χ4v) is 5.32. The number of hydrogen-bond acceptors (Lipinski definition) is 4. The smallest absolute Gasteiger partial charge is 0.283 e. The summed E-state index contributed by atoms with van der Waals surface area (Å²) in [6.45, 7) is 2.95. The van der Waals surface area contributed by atoms with Crippen molar-refractivity contribution in [2.45, 2.75) is 38.3 Å². The van der Waals surface area contributed by atoms with Gasteiger partial charge in [-0.2, -0.15) is 17.0 Å². The Balaban J connectivity index is 1.89. The van der Waals surface area contributed by atoms with E-state index in [4.69, 9.17) is 4.42 Å². The van der Waals surface area contributed by atoms with E-state index in [1.165, 1.54) is 8.61 Å². The molecule has 0 spiro atoms. The van der Waals surface area contributed by atoms with Gasteiger partial charge in [0.2, 0.25) is 5.91 Å². The summed E-state index contributed by atoms with van der Waals surface area (Å²) in [6.07, 6.45) is 3.55. The maximum atomic E-state index is 13.0. The molecule has 0 aliphatic carbocycles. The quantitative estimate of drug-likeness (QED) is 0.889. The van der Waals surface area contributed by atoms with E-state index >= 15 is 0 Å². The summed E-state index contributed by atoms with van der Waals surface area (Å²) in [5, 5.41) is 2.73. The molecule has 1 N–H and O–H groups in total. The standard InChI is InChI=1S/C14H21N3O4S/c1-2-11-14(18)15-7-9-17(11)22(19,20)16-8-3-5-12(16)13-6-4-10-21-13/h4,6,10-12H,2-3,5,7-9H2,1H3,(H,15,18). The minimum absolute atomic E-state index is 0.217. The second kappa shape index (κ2) is 6.02. The summed E-state index contributed by atoms with van der Waals surface area (Å²) in [7, 11) is -3.69. The maximum absolute atomic E-state index is 13.0. The third-order valence-electron chi connectivity index (χ3n) is 4.34. The Labute approximate surface area is 130 Å². The first-order valence-corrected chi connectivity index (χ1v) is 9.05. The van der Waals surface area contributed by atoms with Crippen LogP contribution >= 0.6 is 0 Å². The van der Waals surface area contributed by atoms with E-state index in [1.54, 1.807) is 18.4 Å². The Bertz CT molecular complexity index is 629. The van der Waals surface area contributed by atoms with Crippen LogP contribution in [0.3, 0.4) is 0 Å². The number of amides is 1. The molecule has 0 saturated carbocycles. The zero-order valence-electron chi connectivity index (χ0n) is 12.6. The lowest BCUT2D eigenvalue weighted by molar-refractivity contribution is -0.126. The van der Waals surface area contributed by atoms with Crippen molar-refractivity contribution >= 4 is 16.1 Å². The van der Waals surface area contributed by atoms with Crippen molar-refractivity contribution in [1.82, 2.24) is 13.9 Å². The molecule has 0 aromatic carbocycles. The van der Waals surface area contributed by atoms with Crippen LogP contribution in [-0.2, 0) is 15.0 Å². The summed E-state index contributed by atoms with van der Waals surface area (Å²) < 4.78 is 34.3. The first kappa shape index (κ1) is 15.5. The number of rotatable bonds is 4. The van der Waals surface area contributed by atoms with Gasteiger partial charge in [0.05, 0.1) is 12.3 Å². The molecule has 3 rings (SSSR count). The predicted octanol–water partition coefficient (Wildman–Crippen LogP) is 0.872. The predicted molar refractivity (Wildman–Crippen MR) is 80.1 cm³/mol. The van der Waals surface area contributed by atoms with Gasteiger partial charge >= 0.3 is 0 Å².